The molecule has 23 heavy (non-hydrogen) atoms. The molecule has 0 spiro atoms. The molecule has 0 saturated carbocycles. The fourth-order valence-corrected chi connectivity index (χ4v) is 2.46. The fourth-order valence-electron chi connectivity index (χ4n) is 1.69. The smallest absolute Gasteiger partial charge is 0.288 e. The third kappa shape index (κ3) is 5.48. The van der Waals surface area contributed by atoms with Gasteiger partial charge in [0, 0.05) is 24.9 Å². The highest BCUT2D eigenvalue weighted by Crippen LogP contribution is 2.20. The van der Waals surface area contributed by atoms with Gasteiger partial charge in [-0.25, -0.2) is 0 Å². The molecule has 0 radical (unpaired) electrons. The van der Waals surface area contributed by atoms with Crippen molar-refractivity contribution in [1.29, 1.82) is 0 Å². The molecule has 0 unspecified atom stereocenters. The number of hydrogen-bond donors (Lipinski definition) is 2. The molecule has 1 aromatic heterocycles. The van der Waals surface area contributed by atoms with Crippen molar-refractivity contribution < 1.29 is 19.2 Å². The highest BCUT2D eigenvalue weighted by atomic mass is 32.1. The molecule has 126 valence electrons. The molecule has 0 aliphatic heterocycles. The Kier molecular flexibility index (Phi) is 6.89. The Morgan fingerprint density at radius 1 is 1.22 bits per heavy atom. The van der Waals surface area contributed by atoms with Crippen LogP contribution in [0.2, 0.25) is 0 Å². The maximum atomic E-state index is 12.2. The van der Waals surface area contributed by atoms with Crippen molar-refractivity contribution >= 4 is 34.8 Å². The van der Waals surface area contributed by atoms with Gasteiger partial charge in [0.05, 0.1) is 6.54 Å². The number of likely N-dealkylation sites (N-methyl/N-ethyl adjacent to an activating group) is 1. The number of rotatable bonds is 7. The zero-order valence-corrected chi connectivity index (χ0v) is 14.4. The highest BCUT2D eigenvalue weighted by Gasteiger charge is 2.25. The van der Waals surface area contributed by atoms with Crippen LogP contribution in [0.3, 0.4) is 0 Å². The van der Waals surface area contributed by atoms with E-state index in [0.29, 0.717) is 4.88 Å². The summed E-state index contributed by atoms with van der Waals surface area (Å²) < 4.78 is 0. The first-order valence-corrected chi connectivity index (χ1v) is 7.98. The molecule has 7 nitrogen and oxygen atoms in total. The number of carbonyl (C=O) groups excluding carboxylic acids is 4. The summed E-state index contributed by atoms with van der Waals surface area (Å²) in [6.07, 6.45) is 0. The Morgan fingerprint density at radius 3 is 2.35 bits per heavy atom. The minimum absolute atomic E-state index is 0.273. The van der Waals surface area contributed by atoms with E-state index in [2.05, 4.69) is 10.6 Å². The lowest BCUT2D eigenvalue weighted by Crippen LogP contribution is -2.45. The molecule has 0 aliphatic rings. The first kappa shape index (κ1) is 18.8. The Balaban J connectivity index is 2.66. The molecule has 1 rings (SSSR count). The molecular weight excluding hydrogens is 318 g/mol. The summed E-state index contributed by atoms with van der Waals surface area (Å²) in [5.74, 6) is -2.64. The van der Waals surface area contributed by atoms with Crippen LogP contribution in [0.4, 0.5) is 0 Å². The minimum atomic E-state index is -0.810. The molecule has 1 heterocycles. The summed E-state index contributed by atoms with van der Waals surface area (Å²) in [5, 5.41) is 6.64. The number of nitrogens with zero attached hydrogens (tertiary/aromatic N) is 1. The van der Waals surface area contributed by atoms with E-state index in [9.17, 15) is 19.2 Å². The quantitative estimate of drug-likeness (QED) is 0.700. The number of carbonyl (C=O) groups is 4. The predicted octanol–water partition coefficient (Wildman–Crippen LogP) is 0.335. The lowest BCUT2D eigenvalue weighted by atomic mass is 10.1. The molecule has 1 atom stereocenters. The van der Waals surface area contributed by atoms with Gasteiger partial charge in [0.1, 0.15) is 6.04 Å². The van der Waals surface area contributed by atoms with Crippen molar-refractivity contribution in [3.63, 3.8) is 0 Å². The summed E-state index contributed by atoms with van der Waals surface area (Å²) in [7, 11) is 3.19. The molecule has 8 heteroatoms. The maximum Gasteiger partial charge on any atom is 0.288 e. The van der Waals surface area contributed by atoms with Gasteiger partial charge in [0.15, 0.2) is 0 Å². The van der Waals surface area contributed by atoms with Crippen LogP contribution in [0.15, 0.2) is 17.5 Å². The van der Waals surface area contributed by atoms with Gasteiger partial charge in [0.25, 0.3) is 5.91 Å². The summed E-state index contributed by atoms with van der Waals surface area (Å²) in [4.78, 5) is 49.2. The number of Topliss-reactive ketones (excluding diaryl/α,β-unsaturated/α-hetero) is 1. The number of ketones is 1. The first-order valence-electron chi connectivity index (χ1n) is 7.10. The van der Waals surface area contributed by atoms with Crippen molar-refractivity contribution in [3.8, 4) is 0 Å². The third-order valence-electron chi connectivity index (χ3n) is 2.98. The number of hydrogen-bond acceptors (Lipinski definition) is 5. The van der Waals surface area contributed by atoms with Crippen LogP contribution >= 0.6 is 11.3 Å². The van der Waals surface area contributed by atoms with Gasteiger partial charge in [-0.15, -0.1) is 11.3 Å². The normalized spacial score (nSPS) is 11.7. The molecule has 0 bridgehead atoms. The molecule has 1 aromatic rings. The van der Waals surface area contributed by atoms with Crippen LogP contribution in [0.5, 0.6) is 0 Å². The van der Waals surface area contributed by atoms with Gasteiger partial charge in [-0.1, -0.05) is 19.9 Å². The summed E-state index contributed by atoms with van der Waals surface area (Å²) in [6, 6.07) is 2.72. The van der Waals surface area contributed by atoms with Gasteiger partial charge < -0.3 is 15.5 Å². The largest absolute Gasteiger partial charge is 0.347 e. The first-order chi connectivity index (χ1) is 10.7. The molecule has 0 aromatic carbocycles. The zero-order valence-electron chi connectivity index (χ0n) is 13.6. The van der Waals surface area contributed by atoms with Crippen LogP contribution < -0.4 is 10.6 Å². The van der Waals surface area contributed by atoms with Crippen molar-refractivity contribution in [2.24, 2.45) is 5.92 Å². The topological polar surface area (TPSA) is 95.6 Å². The Labute approximate surface area is 139 Å². The second-order valence-electron chi connectivity index (χ2n) is 5.45. The molecule has 0 saturated heterocycles. The van der Waals surface area contributed by atoms with Crippen LogP contribution in [-0.4, -0.2) is 49.0 Å². The van der Waals surface area contributed by atoms with E-state index in [1.807, 2.05) is 0 Å². The highest BCUT2D eigenvalue weighted by molar-refractivity contribution is 7.10. The molecular formula is C15H21N3O4S. The number of amides is 3. The monoisotopic (exact) mass is 339 g/mol. The van der Waals surface area contributed by atoms with E-state index in [1.165, 1.54) is 16.2 Å². The van der Waals surface area contributed by atoms with Crippen molar-refractivity contribution in [2.75, 3.05) is 20.6 Å². The Hall–Kier alpha value is -2.22. The number of nitrogens with one attached hydrogen (secondary N) is 2. The van der Waals surface area contributed by atoms with Crippen molar-refractivity contribution in [1.82, 2.24) is 15.5 Å². The second-order valence-corrected chi connectivity index (χ2v) is 6.43. The van der Waals surface area contributed by atoms with E-state index < -0.39 is 29.6 Å². The van der Waals surface area contributed by atoms with Crippen LogP contribution in [0.1, 0.15) is 24.8 Å². The van der Waals surface area contributed by atoms with Crippen LogP contribution in [0, 0.1) is 5.92 Å². The van der Waals surface area contributed by atoms with Crippen molar-refractivity contribution in [3.05, 3.63) is 22.4 Å². The van der Waals surface area contributed by atoms with E-state index >= 15 is 0 Å². The molecule has 0 aliphatic carbocycles. The minimum Gasteiger partial charge on any atom is -0.347 e. The summed E-state index contributed by atoms with van der Waals surface area (Å²) in [6.45, 7) is 2.84. The fraction of sp³-hybridized carbons (Fsp3) is 0.467. The van der Waals surface area contributed by atoms with E-state index in [-0.39, 0.29) is 12.5 Å². The van der Waals surface area contributed by atoms with E-state index in [0.717, 1.165) is 0 Å². The van der Waals surface area contributed by atoms with E-state index in [1.54, 1.807) is 45.5 Å². The standard InChI is InChI=1S/C15H21N3O4S/c1-9(2)13(20)14(21)16-8-11(19)17-12(15(22)18(3)4)10-6-5-7-23-10/h5-7,9,12H,8H2,1-4H3,(H,16,21)(H,17,19)/t12-/m0/s1. The summed E-state index contributed by atoms with van der Waals surface area (Å²) >= 11 is 1.35. The second kappa shape index (κ2) is 8.42. The number of thiophene rings is 1. The predicted molar refractivity (Wildman–Crippen MR) is 86.8 cm³/mol. The van der Waals surface area contributed by atoms with Crippen molar-refractivity contribution in [2.45, 2.75) is 19.9 Å². The summed E-state index contributed by atoms with van der Waals surface area (Å²) in [5.41, 5.74) is 0. The Bertz CT molecular complexity index is 582. The molecule has 3 amide bonds. The maximum absolute atomic E-state index is 12.2. The average Bonchev–Trinajstić information content (AvgIpc) is 3.02. The lowest BCUT2D eigenvalue weighted by molar-refractivity contribution is -0.140. The average molecular weight is 339 g/mol. The SMILES string of the molecule is CC(C)C(=O)C(=O)NCC(=O)N[C@H](C(=O)N(C)C)c1cccs1. The van der Waals surface area contributed by atoms with Gasteiger partial charge in [-0.3, -0.25) is 19.2 Å². The molecule has 0 fully saturated rings. The van der Waals surface area contributed by atoms with Gasteiger partial charge in [0.2, 0.25) is 17.6 Å². The van der Waals surface area contributed by atoms with Gasteiger partial charge >= 0.3 is 0 Å². The Morgan fingerprint density at radius 2 is 1.87 bits per heavy atom. The van der Waals surface area contributed by atoms with Crippen LogP contribution in [-0.2, 0) is 19.2 Å². The van der Waals surface area contributed by atoms with E-state index in [4.69, 9.17) is 0 Å². The lowest BCUT2D eigenvalue weighted by Gasteiger charge is -2.20. The molecule has 2 N–H and O–H groups in total. The third-order valence-corrected chi connectivity index (χ3v) is 3.92. The van der Waals surface area contributed by atoms with Crippen LogP contribution in [0.25, 0.3) is 0 Å². The van der Waals surface area contributed by atoms with Gasteiger partial charge in [-0.2, -0.15) is 0 Å². The van der Waals surface area contributed by atoms with Gasteiger partial charge in [-0.05, 0) is 11.4 Å². The zero-order chi connectivity index (χ0) is 17.6.